The van der Waals surface area contributed by atoms with E-state index < -0.39 is 18.3 Å². The number of carbonyl (C=O) groups excluding carboxylic acids is 2. The van der Waals surface area contributed by atoms with Crippen molar-refractivity contribution in [1.29, 1.82) is 0 Å². The van der Waals surface area contributed by atoms with E-state index >= 15 is 0 Å². The van der Waals surface area contributed by atoms with E-state index in [1.807, 2.05) is 17.8 Å². The number of aromatic nitrogens is 3. The van der Waals surface area contributed by atoms with E-state index in [4.69, 9.17) is 0 Å². The van der Waals surface area contributed by atoms with Gasteiger partial charge in [0.05, 0.1) is 6.20 Å². The maximum absolute atomic E-state index is 12.9. The smallest absolute Gasteiger partial charge is 0.379 e. The molecule has 1 aliphatic heterocycles. The number of likely N-dealkylation sites (tertiary alicyclic amines) is 1. The molecule has 1 spiro atoms. The van der Waals surface area contributed by atoms with Crippen LogP contribution < -0.4 is 10.6 Å². The molecule has 2 aliphatic rings. The molecule has 3 aromatic rings. The Morgan fingerprint density at radius 1 is 1.24 bits per heavy atom. The second-order valence-corrected chi connectivity index (χ2v) is 9.17. The third-order valence-electron chi connectivity index (χ3n) is 6.57. The van der Waals surface area contributed by atoms with Gasteiger partial charge < -0.3 is 25.2 Å². The van der Waals surface area contributed by atoms with E-state index in [-0.39, 0.29) is 28.6 Å². The van der Waals surface area contributed by atoms with E-state index in [1.54, 1.807) is 21.8 Å². The molecule has 2 aromatic heterocycles. The Balaban J connectivity index is 1.11. The van der Waals surface area contributed by atoms with Crippen molar-refractivity contribution in [1.82, 2.24) is 24.4 Å². The van der Waals surface area contributed by atoms with Crippen molar-refractivity contribution in [2.45, 2.75) is 31.2 Å². The van der Waals surface area contributed by atoms with Gasteiger partial charge in [0.1, 0.15) is 11.2 Å². The lowest BCUT2D eigenvalue weighted by molar-refractivity contribution is -0.206. The molecule has 180 valence electrons. The van der Waals surface area contributed by atoms with Crippen molar-refractivity contribution in [3.8, 4) is 0 Å². The van der Waals surface area contributed by atoms with Crippen LogP contribution >= 0.6 is 0 Å². The number of fused-ring (bicyclic) bond motifs is 1. The molecule has 1 unspecified atom stereocenters. The third-order valence-corrected chi connectivity index (χ3v) is 6.57. The van der Waals surface area contributed by atoms with Gasteiger partial charge in [-0.2, -0.15) is 18.3 Å². The molecule has 5 rings (SSSR count). The summed E-state index contributed by atoms with van der Waals surface area (Å²) in [5.41, 5.74) is 1.07. The van der Waals surface area contributed by atoms with Crippen LogP contribution in [-0.2, 0) is 7.05 Å². The molecule has 3 N–H and O–H groups in total. The minimum atomic E-state index is -4.79. The number of amides is 3. The molecule has 0 radical (unpaired) electrons. The largest absolute Gasteiger partial charge is 0.418 e. The molecule has 3 amide bonds. The topological polar surface area (TPSA) is 104 Å². The summed E-state index contributed by atoms with van der Waals surface area (Å²) < 4.78 is 41.6. The van der Waals surface area contributed by atoms with Crippen LogP contribution in [0.5, 0.6) is 0 Å². The van der Waals surface area contributed by atoms with Gasteiger partial charge in [0.25, 0.3) is 5.91 Å². The van der Waals surface area contributed by atoms with Gasteiger partial charge in [-0.1, -0.05) is 12.1 Å². The number of aliphatic hydroxyl groups is 1. The predicted octanol–water partition coefficient (Wildman–Crippen LogP) is 2.69. The Labute approximate surface area is 192 Å². The average Bonchev–Trinajstić information content (AvgIpc) is 3.30. The standard InChI is InChI=1S/C22H23F3N6O3/c1-29-5-6-31-18(29)16(10-26-31)19(33)30-11-21(12-30)8-15(9-21)28-20(34)27-14-4-2-3-13(7-14)17(32)22(23,24)25/h2-7,10,15,17,32H,8-9,11-12H2,1H3,(H2,27,28,34). The van der Waals surface area contributed by atoms with E-state index in [0.29, 0.717) is 31.5 Å². The summed E-state index contributed by atoms with van der Waals surface area (Å²) in [4.78, 5) is 26.9. The monoisotopic (exact) mass is 476 g/mol. The van der Waals surface area contributed by atoms with Crippen LogP contribution in [0.1, 0.15) is 34.9 Å². The predicted molar refractivity (Wildman–Crippen MR) is 115 cm³/mol. The molecule has 12 heteroatoms. The summed E-state index contributed by atoms with van der Waals surface area (Å²) in [5, 5.41) is 18.9. The number of alkyl halides is 3. The molecular formula is C22H23F3N6O3. The van der Waals surface area contributed by atoms with Gasteiger partial charge in [0, 0.05) is 49.7 Å². The minimum Gasteiger partial charge on any atom is -0.379 e. The van der Waals surface area contributed by atoms with Crippen LogP contribution in [0.4, 0.5) is 23.7 Å². The number of nitrogens with zero attached hydrogens (tertiary/aromatic N) is 4. The number of imidazole rings is 1. The van der Waals surface area contributed by atoms with Gasteiger partial charge in [-0.15, -0.1) is 0 Å². The first-order valence-corrected chi connectivity index (χ1v) is 10.7. The summed E-state index contributed by atoms with van der Waals surface area (Å²) in [5.74, 6) is -0.0718. The van der Waals surface area contributed by atoms with E-state index in [0.717, 1.165) is 17.8 Å². The fourth-order valence-electron chi connectivity index (χ4n) is 4.95. The average molecular weight is 476 g/mol. The summed E-state index contributed by atoms with van der Waals surface area (Å²) in [7, 11) is 1.85. The van der Waals surface area contributed by atoms with Crippen LogP contribution in [-0.4, -0.2) is 61.4 Å². The van der Waals surface area contributed by atoms with Crippen molar-refractivity contribution >= 4 is 23.3 Å². The maximum atomic E-state index is 12.9. The summed E-state index contributed by atoms with van der Waals surface area (Å²) in [6.45, 7) is 1.20. The Kier molecular flexibility index (Phi) is 5.08. The van der Waals surface area contributed by atoms with Gasteiger partial charge in [-0.05, 0) is 30.5 Å². The van der Waals surface area contributed by atoms with Gasteiger partial charge in [0.15, 0.2) is 6.10 Å². The number of anilines is 1. The Morgan fingerprint density at radius 2 is 1.97 bits per heavy atom. The van der Waals surface area contributed by atoms with Gasteiger partial charge in [-0.3, -0.25) is 4.79 Å². The van der Waals surface area contributed by atoms with Crippen molar-refractivity contribution < 1.29 is 27.9 Å². The second kappa shape index (κ2) is 7.76. The third kappa shape index (κ3) is 3.87. The quantitative estimate of drug-likeness (QED) is 0.539. The number of aryl methyl sites for hydroxylation is 1. The number of benzene rings is 1. The summed E-state index contributed by atoms with van der Waals surface area (Å²) in [6, 6.07) is 4.41. The molecule has 0 bridgehead atoms. The van der Waals surface area contributed by atoms with E-state index in [9.17, 15) is 27.9 Å². The highest BCUT2D eigenvalue weighted by Crippen LogP contribution is 2.48. The zero-order valence-electron chi connectivity index (χ0n) is 18.2. The summed E-state index contributed by atoms with van der Waals surface area (Å²) in [6.07, 6.45) is -0.793. The van der Waals surface area contributed by atoms with Crippen molar-refractivity contribution in [2.75, 3.05) is 18.4 Å². The SMILES string of the molecule is Cn1ccn2ncc(C(=O)N3CC4(CC(NC(=O)Nc5cccc(C(O)C(F)(F)F)c5)C4)C3)c12. The van der Waals surface area contributed by atoms with Crippen LogP contribution in [0.3, 0.4) is 0 Å². The highest BCUT2D eigenvalue weighted by atomic mass is 19.4. The van der Waals surface area contributed by atoms with Crippen LogP contribution in [0.2, 0.25) is 0 Å². The molecule has 3 heterocycles. The highest BCUT2D eigenvalue weighted by Gasteiger charge is 2.54. The fraction of sp³-hybridized carbons (Fsp3) is 0.409. The summed E-state index contributed by atoms with van der Waals surface area (Å²) >= 11 is 0. The number of rotatable bonds is 4. The van der Waals surface area contributed by atoms with Crippen LogP contribution in [0, 0.1) is 5.41 Å². The Morgan fingerprint density at radius 3 is 2.68 bits per heavy atom. The molecule has 34 heavy (non-hydrogen) atoms. The Hall–Kier alpha value is -3.54. The number of halogens is 3. The molecule has 1 atom stereocenters. The van der Waals surface area contributed by atoms with Crippen molar-refractivity contribution in [3.05, 3.63) is 54.0 Å². The Bertz CT molecular complexity index is 1250. The zero-order valence-corrected chi connectivity index (χ0v) is 18.2. The maximum Gasteiger partial charge on any atom is 0.418 e. The lowest BCUT2D eigenvalue weighted by Gasteiger charge is -2.58. The van der Waals surface area contributed by atoms with Crippen LogP contribution in [0.25, 0.3) is 5.65 Å². The number of nitrogens with one attached hydrogen (secondary N) is 2. The zero-order chi connectivity index (χ0) is 24.3. The van der Waals surface area contributed by atoms with Gasteiger partial charge in [0.2, 0.25) is 0 Å². The number of aliphatic hydroxyl groups excluding tert-OH is 1. The first kappa shape index (κ1) is 22.3. The molecule has 1 aromatic carbocycles. The molecule has 1 saturated heterocycles. The van der Waals surface area contributed by atoms with E-state index in [2.05, 4.69) is 15.7 Å². The lowest BCUT2D eigenvalue weighted by atomic mass is 9.60. The molecule has 1 aliphatic carbocycles. The number of urea groups is 1. The first-order valence-electron chi connectivity index (χ1n) is 10.7. The number of hydrogen-bond donors (Lipinski definition) is 3. The molecular weight excluding hydrogens is 453 g/mol. The molecule has 9 nitrogen and oxygen atoms in total. The normalized spacial score (nSPS) is 18.4. The van der Waals surface area contributed by atoms with Crippen molar-refractivity contribution in [2.24, 2.45) is 12.5 Å². The second-order valence-electron chi connectivity index (χ2n) is 9.17. The van der Waals surface area contributed by atoms with Crippen LogP contribution in [0.15, 0.2) is 42.9 Å². The minimum absolute atomic E-state index is 0.0230. The first-order chi connectivity index (χ1) is 16.0. The number of hydrogen-bond acceptors (Lipinski definition) is 4. The fourth-order valence-corrected chi connectivity index (χ4v) is 4.95. The van der Waals surface area contributed by atoms with E-state index in [1.165, 1.54) is 12.1 Å². The highest BCUT2D eigenvalue weighted by molar-refractivity contribution is 6.00. The molecule has 1 saturated carbocycles. The van der Waals surface area contributed by atoms with Gasteiger partial charge in [-0.25, -0.2) is 9.31 Å². The molecule has 2 fully saturated rings. The van der Waals surface area contributed by atoms with Gasteiger partial charge >= 0.3 is 12.2 Å². The van der Waals surface area contributed by atoms with Crippen molar-refractivity contribution in [3.63, 3.8) is 0 Å². The lowest BCUT2D eigenvalue weighted by Crippen LogP contribution is -2.67. The number of carbonyl (C=O) groups is 2.